The zero-order valence-electron chi connectivity index (χ0n) is 11.9. The molecule has 20 heavy (non-hydrogen) atoms. The number of nitrogens with two attached hydrogens (primary N) is 1. The fourth-order valence-electron chi connectivity index (χ4n) is 2.01. The Labute approximate surface area is 119 Å². The van der Waals surface area contributed by atoms with Crippen molar-refractivity contribution in [2.75, 3.05) is 12.3 Å². The fourth-order valence-corrected chi connectivity index (χ4v) is 2.01. The van der Waals surface area contributed by atoms with E-state index in [2.05, 4.69) is 0 Å². The van der Waals surface area contributed by atoms with Gasteiger partial charge in [-0.2, -0.15) is 0 Å². The first kappa shape index (κ1) is 14.2. The number of benzene rings is 1. The summed E-state index contributed by atoms with van der Waals surface area (Å²) in [4.78, 5) is 14.1. The van der Waals surface area contributed by atoms with Crippen LogP contribution in [0.25, 0.3) is 0 Å². The van der Waals surface area contributed by atoms with Gasteiger partial charge in [-0.1, -0.05) is 19.1 Å². The first-order valence-corrected chi connectivity index (χ1v) is 6.86. The van der Waals surface area contributed by atoms with Crippen LogP contribution in [0.2, 0.25) is 0 Å². The third kappa shape index (κ3) is 3.20. The van der Waals surface area contributed by atoms with E-state index >= 15 is 0 Å². The molecule has 4 nitrogen and oxygen atoms in total. The van der Waals surface area contributed by atoms with E-state index in [-0.39, 0.29) is 5.91 Å². The molecule has 0 radical (unpaired) electrons. The maximum Gasteiger partial charge on any atom is 0.289 e. The highest BCUT2D eigenvalue weighted by Gasteiger charge is 2.18. The summed E-state index contributed by atoms with van der Waals surface area (Å²) in [6.45, 7) is 5.14. The van der Waals surface area contributed by atoms with Crippen LogP contribution in [-0.4, -0.2) is 17.4 Å². The number of carbonyl (C=O) groups is 1. The summed E-state index contributed by atoms with van der Waals surface area (Å²) in [6.07, 6.45) is 0.789. The van der Waals surface area contributed by atoms with Gasteiger partial charge in [0.25, 0.3) is 5.91 Å². The predicted octanol–water partition coefficient (Wildman–Crippen LogP) is 3.09. The maximum atomic E-state index is 12.4. The van der Waals surface area contributed by atoms with E-state index in [1.807, 2.05) is 44.2 Å². The minimum absolute atomic E-state index is 0.0796. The highest BCUT2D eigenvalue weighted by Crippen LogP contribution is 2.14. The molecule has 0 saturated carbocycles. The molecule has 0 bridgehead atoms. The molecule has 0 aliphatic heterocycles. The van der Waals surface area contributed by atoms with E-state index in [0.29, 0.717) is 18.8 Å². The number of rotatable bonds is 5. The average molecular weight is 272 g/mol. The summed E-state index contributed by atoms with van der Waals surface area (Å²) in [5.74, 6) is 1.15. The standard InChI is InChI=1S/C16H20N2O2/c1-3-14-9-10-15(20-14)16(19)18(4-2)11-12-5-7-13(17)8-6-12/h5-10H,3-4,11,17H2,1-2H3. The van der Waals surface area contributed by atoms with Gasteiger partial charge in [0.1, 0.15) is 5.76 Å². The zero-order valence-corrected chi connectivity index (χ0v) is 11.9. The van der Waals surface area contributed by atoms with Gasteiger partial charge in [0, 0.05) is 25.2 Å². The minimum Gasteiger partial charge on any atom is -0.456 e. The first-order chi connectivity index (χ1) is 9.63. The molecule has 0 aliphatic carbocycles. The second-order valence-electron chi connectivity index (χ2n) is 4.68. The second-order valence-corrected chi connectivity index (χ2v) is 4.68. The van der Waals surface area contributed by atoms with Gasteiger partial charge in [-0.15, -0.1) is 0 Å². The number of furan rings is 1. The van der Waals surface area contributed by atoms with Gasteiger partial charge in [0.05, 0.1) is 0 Å². The largest absolute Gasteiger partial charge is 0.456 e. The lowest BCUT2D eigenvalue weighted by Gasteiger charge is -2.19. The van der Waals surface area contributed by atoms with Crippen molar-refractivity contribution in [3.63, 3.8) is 0 Å². The van der Waals surface area contributed by atoms with Gasteiger partial charge in [-0.25, -0.2) is 0 Å². The van der Waals surface area contributed by atoms with E-state index in [0.717, 1.165) is 23.4 Å². The van der Waals surface area contributed by atoms with Crippen molar-refractivity contribution in [1.82, 2.24) is 4.90 Å². The quantitative estimate of drug-likeness (QED) is 0.851. The Morgan fingerprint density at radius 1 is 1.15 bits per heavy atom. The summed E-state index contributed by atoms with van der Waals surface area (Å²) in [5.41, 5.74) is 7.44. The number of aryl methyl sites for hydroxylation is 1. The van der Waals surface area contributed by atoms with Crippen molar-refractivity contribution < 1.29 is 9.21 Å². The first-order valence-electron chi connectivity index (χ1n) is 6.86. The number of nitrogens with zero attached hydrogens (tertiary/aromatic N) is 1. The van der Waals surface area contributed by atoms with Crippen LogP contribution in [-0.2, 0) is 13.0 Å². The lowest BCUT2D eigenvalue weighted by molar-refractivity contribution is 0.0718. The molecule has 0 aliphatic rings. The zero-order chi connectivity index (χ0) is 14.5. The van der Waals surface area contributed by atoms with E-state index < -0.39 is 0 Å². The van der Waals surface area contributed by atoms with Crippen LogP contribution in [0.3, 0.4) is 0 Å². The highest BCUT2D eigenvalue weighted by atomic mass is 16.4. The molecule has 2 N–H and O–H groups in total. The lowest BCUT2D eigenvalue weighted by Crippen LogP contribution is -2.30. The molecule has 0 saturated heterocycles. The Bertz CT molecular complexity index is 572. The Kier molecular flexibility index (Phi) is 4.45. The van der Waals surface area contributed by atoms with Crippen molar-refractivity contribution in [3.8, 4) is 0 Å². The number of hydrogen-bond acceptors (Lipinski definition) is 3. The van der Waals surface area contributed by atoms with Crippen LogP contribution >= 0.6 is 0 Å². The topological polar surface area (TPSA) is 59.5 Å². The lowest BCUT2D eigenvalue weighted by atomic mass is 10.2. The van der Waals surface area contributed by atoms with Crippen molar-refractivity contribution in [2.24, 2.45) is 0 Å². The van der Waals surface area contributed by atoms with Crippen LogP contribution in [0.5, 0.6) is 0 Å². The van der Waals surface area contributed by atoms with Crippen molar-refractivity contribution in [3.05, 3.63) is 53.5 Å². The molecular weight excluding hydrogens is 252 g/mol. The molecule has 0 fully saturated rings. The van der Waals surface area contributed by atoms with Gasteiger partial charge >= 0.3 is 0 Å². The molecule has 0 unspecified atom stereocenters. The molecular formula is C16H20N2O2. The van der Waals surface area contributed by atoms with Crippen LogP contribution in [0, 0.1) is 0 Å². The number of carbonyl (C=O) groups excluding carboxylic acids is 1. The number of amides is 1. The van der Waals surface area contributed by atoms with Crippen molar-refractivity contribution in [1.29, 1.82) is 0 Å². The smallest absolute Gasteiger partial charge is 0.289 e. The molecule has 1 aromatic carbocycles. The summed E-state index contributed by atoms with van der Waals surface area (Å²) in [6, 6.07) is 11.2. The second kappa shape index (κ2) is 6.28. The molecule has 0 atom stereocenters. The molecule has 0 spiro atoms. The van der Waals surface area contributed by atoms with Gasteiger partial charge in [0.15, 0.2) is 5.76 Å². The minimum atomic E-state index is -0.0796. The third-order valence-electron chi connectivity index (χ3n) is 3.24. The molecule has 1 heterocycles. The number of nitrogen functional groups attached to an aromatic ring is 1. The van der Waals surface area contributed by atoms with E-state index in [4.69, 9.17) is 10.2 Å². The van der Waals surface area contributed by atoms with Gasteiger partial charge in [-0.05, 0) is 36.8 Å². The van der Waals surface area contributed by atoms with E-state index in [1.54, 1.807) is 11.0 Å². The van der Waals surface area contributed by atoms with Gasteiger partial charge in [-0.3, -0.25) is 4.79 Å². The maximum absolute atomic E-state index is 12.4. The molecule has 2 rings (SSSR count). The van der Waals surface area contributed by atoms with Crippen LogP contribution in [0.4, 0.5) is 5.69 Å². The number of hydrogen-bond donors (Lipinski definition) is 1. The van der Waals surface area contributed by atoms with Crippen LogP contribution in [0.15, 0.2) is 40.8 Å². The Morgan fingerprint density at radius 2 is 1.85 bits per heavy atom. The monoisotopic (exact) mass is 272 g/mol. The third-order valence-corrected chi connectivity index (χ3v) is 3.24. The summed E-state index contributed by atoms with van der Waals surface area (Å²) in [7, 11) is 0. The fraction of sp³-hybridized carbons (Fsp3) is 0.312. The average Bonchev–Trinajstić information content (AvgIpc) is 2.95. The van der Waals surface area contributed by atoms with Gasteiger partial charge in [0.2, 0.25) is 0 Å². The Balaban J connectivity index is 2.11. The molecule has 4 heteroatoms. The predicted molar refractivity (Wildman–Crippen MR) is 79.4 cm³/mol. The summed E-state index contributed by atoms with van der Waals surface area (Å²) in [5, 5.41) is 0. The molecule has 2 aromatic rings. The molecule has 106 valence electrons. The van der Waals surface area contributed by atoms with E-state index in [1.165, 1.54) is 0 Å². The van der Waals surface area contributed by atoms with Gasteiger partial charge < -0.3 is 15.1 Å². The van der Waals surface area contributed by atoms with Crippen molar-refractivity contribution >= 4 is 11.6 Å². The van der Waals surface area contributed by atoms with Crippen molar-refractivity contribution in [2.45, 2.75) is 26.8 Å². The molecule has 1 amide bonds. The summed E-state index contributed by atoms with van der Waals surface area (Å²) < 4.78 is 5.52. The Hall–Kier alpha value is -2.23. The molecule has 1 aromatic heterocycles. The SMILES string of the molecule is CCc1ccc(C(=O)N(CC)Cc2ccc(N)cc2)o1. The Morgan fingerprint density at radius 3 is 2.40 bits per heavy atom. The van der Waals surface area contributed by atoms with Crippen LogP contribution in [0.1, 0.15) is 35.7 Å². The van der Waals surface area contributed by atoms with Crippen LogP contribution < -0.4 is 5.73 Å². The van der Waals surface area contributed by atoms with E-state index in [9.17, 15) is 4.79 Å². The normalized spacial score (nSPS) is 10.5. The highest BCUT2D eigenvalue weighted by molar-refractivity contribution is 5.91. The summed E-state index contributed by atoms with van der Waals surface area (Å²) >= 11 is 0. The number of anilines is 1.